The zero-order chi connectivity index (χ0) is 12.7. The Hall–Kier alpha value is 0.120. The molecule has 0 saturated carbocycles. The van der Waals surface area contributed by atoms with Crippen molar-refractivity contribution in [2.75, 3.05) is 46.0 Å². The summed E-state index contributed by atoms with van der Waals surface area (Å²) in [6, 6.07) is 0. The van der Waals surface area contributed by atoms with Gasteiger partial charge in [-0.05, 0) is 51.9 Å². The molecule has 5 nitrogen and oxygen atoms in total. The van der Waals surface area contributed by atoms with Crippen molar-refractivity contribution >= 4 is 22.4 Å². The van der Waals surface area contributed by atoms with Crippen LogP contribution in [-0.4, -0.2) is 59.3 Å². The lowest BCUT2D eigenvalue weighted by atomic mass is 9.93. The number of halogens is 1. The van der Waals surface area contributed by atoms with Gasteiger partial charge in [0.15, 0.2) is 0 Å². The zero-order valence-corrected chi connectivity index (χ0v) is 12.9. The second-order valence-corrected chi connectivity index (χ2v) is 6.68. The summed E-state index contributed by atoms with van der Waals surface area (Å²) in [6.07, 6.45) is 4.93. The van der Waals surface area contributed by atoms with E-state index in [0.717, 1.165) is 32.1 Å². The van der Waals surface area contributed by atoms with Gasteiger partial charge >= 0.3 is 0 Å². The Morgan fingerprint density at radius 1 is 1.22 bits per heavy atom. The lowest BCUT2D eigenvalue weighted by Gasteiger charge is -2.31. The highest BCUT2D eigenvalue weighted by atomic mass is 35.5. The Bertz CT molecular complexity index is 303. The van der Waals surface area contributed by atoms with Gasteiger partial charge in [0.05, 0.1) is 6.26 Å². The van der Waals surface area contributed by atoms with Gasteiger partial charge in [-0.25, -0.2) is 13.1 Å². The van der Waals surface area contributed by atoms with Crippen LogP contribution < -0.4 is 10.0 Å². The monoisotopic (exact) mass is 299 g/mol. The Morgan fingerprint density at radius 2 is 1.83 bits per heavy atom. The first kappa shape index (κ1) is 18.1. The molecule has 1 saturated heterocycles. The lowest BCUT2D eigenvalue weighted by Crippen LogP contribution is -2.39. The van der Waals surface area contributed by atoms with Gasteiger partial charge in [-0.3, -0.25) is 0 Å². The maximum Gasteiger partial charge on any atom is 0.208 e. The van der Waals surface area contributed by atoms with Crippen LogP contribution in [0.5, 0.6) is 0 Å². The molecule has 0 spiro atoms. The maximum atomic E-state index is 10.9. The van der Waals surface area contributed by atoms with E-state index in [-0.39, 0.29) is 12.4 Å². The fourth-order valence-electron chi connectivity index (χ4n) is 2.24. The third kappa shape index (κ3) is 8.26. The molecule has 0 radical (unpaired) electrons. The highest BCUT2D eigenvalue weighted by Gasteiger charge is 2.18. The van der Waals surface area contributed by atoms with Crippen molar-refractivity contribution < 1.29 is 8.42 Å². The minimum absolute atomic E-state index is 0. The summed E-state index contributed by atoms with van der Waals surface area (Å²) >= 11 is 0. The predicted molar refractivity (Wildman–Crippen MR) is 77.8 cm³/mol. The smallest absolute Gasteiger partial charge is 0.208 e. The Balaban J connectivity index is 0.00000289. The fraction of sp³-hybridized carbons (Fsp3) is 1.00. The van der Waals surface area contributed by atoms with Gasteiger partial charge < -0.3 is 10.2 Å². The normalized spacial score (nSPS) is 18.6. The van der Waals surface area contributed by atoms with Crippen LogP contribution in [-0.2, 0) is 10.0 Å². The minimum Gasteiger partial charge on any atom is -0.320 e. The quantitative estimate of drug-likeness (QED) is 0.709. The number of nitrogens with zero attached hydrogens (tertiary/aromatic N) is 1. The molecule has 1 aliphatic rings. The van der Waals surface area contributed by atoms with Crippen LogP contribution in [0.15, 0.2) is 0 Å². The maximum absolute atomic E-state index is 10.9. The van der Waals surface area contributed by atoms with Crippen molar-refractivity contribution in [3.63, 3.8) is 0 Å². The summed E-state index contributed by atoms with van der Waals surface area (Å²) in [5.41, 5.74) is 0. The second kappa shape index (κ2) is 9.09. The topological polar surface area (TPSA) is 61.4 Å². The molecule has 2 N–H and O–H groups in total. The molecule has 18 heavy (non-hydrogen) atoms. The van der Waals surface area contributed by atoms with Crippen molar-refractivity contribution in [3.05, 3.63) is 0 Å². The van der Waals surface area contributed by atoms with Gasteiger partial charge in [0.1, 0.15) is 0 Å². The van der Waals surface area contributed by atoms with E-state index < -0.39 is 10.0 Å². The van der Waals surface area contributed by atoms with E-state index in [9.17, 15) is 8.42 Å². The molecule has 0 amide bonds. The van der Waals surface area contributed by atoms with E-state index >= 15 is 0 Å². The fourth-order valence-corrected chi connectivity index (χ4v) is 2.70. The van der Waals surface area contributed by atoms with Crippen molar-refractivity contribution in [3.8, 4) is 0 Å². The van der Waals surface area contributed by atoms with Crippen LogP contribution in [0.25, 0.3) is 0 Å². The number of piperidine rings is 1. The van der Waals surface area contributed by atoms with Gasteiger partial charge in [0.2, 0.25) is 10.0 Å². The molecule has 1 heterocycles. The molecular weight excluding hydrogens is 274 g/mol. The van der Waals surface area contributed by atoms with Crippen LogP contribution in [0, 0.1) is 5.92 Å². The Morgan fingerprint density at radius 3 is 2.33 bits per heavy atom. The summed E-state index contributed by atoms with van der Waals surface area (Å²) < 4.78 is 24.3. The van der Waals surface area contributed by atoms with Gasteiger partial charge in [-0.15, -0.1) is 12.4 Å². The van der Waals surface area contributed by atoms with Crippen LogP contribution in [0.4, 0.5) is 0 Å². The van der Waals surface area contributed by atoms with E-state index in [1.54, 1.807) is 0 Å². The average molecular weight is 300 g/mol. The second-order valence-electron chi connectivity index (χ2n) is 4.84. The highest BCUT2D eigenvalue weighted by Crippen LogP contribution is 2.19. The van der Waals surface area contributed by atoms with Crippen molar-refractivity contribution in [1.29, 1.82) is 0 Å². The summed E-state index contributed by atoms with van der Waals surface area (Å²) in [4.78, 5) is 2.34. The molecule has 0 unspecified atom stereocenters. The number of sulfonamides is 1. The predicted octanol–water partition coefficient (Wildman–Crippen LogP) is 0.279. The zero-order valence-electron chi connectivity index (χ0n) is 11.3. The van der Waals surface area contributed by atoms with E-state index in [2.05, 4.69) is 14.9 Å². The Kier molecular flexibility index (Phi) is 9.15. The SMILES string of the molecule is CNCCC1CCN(CCNS(C)(=O)=O)CC1.Cl. The first-order chi connectivity index (χ1) is 8.01. The first-order valence-corrected chi connectivity index (χ1v) is 8.22. The molecule has 7 heteroatoms. The third-order valence-corrected chi connectivity index (χ3v) is 4.03. The molecule has 1 fully saturated rings. The summed E-state index contributed by atoms with van der Waals surface area (Å²) in [5, 5.41) is 3.19. The van der Waals surface area contributed by atoms with Crippen LogP contribution >= 0.6 is 12.4 Å². The summed E-state index contributed by atoms with van der Waals surface area (Å²) in [7, 11) is -1.04. The molecule has 1 aliphatic heterocycles. The third-order valence-electron chi connectivity index (χ3n) is 3.30. The van der Waals surface area contributed by atoms with Crippen LogP contribution in [0.3, 0.4) is 0 Å². The van der Waals surface area contributed by atoms with E-state index in [1.807, 2.05) is 7.05 Å². The first-order valence-electron chi connectivity index (χ1n) is 6.33. The van der Waals surface area contributed by atoms with Crippen molar-refractivity contribution in [2.45, 2.75) is 19.3 Å². The molecule has 0 aromatic carbocycles. The van der Waals surface area contributed by atoms with Gasteiger partial charge in [-0.2, -0.15) is 0 Å². The van der Waals surface area contributed by atoms with Crippen LogP contribution in [0.2, 0.25) is 0 Å². The van der Waals surface area contributed by atoms with E-state index in [4.69, 9.17) is 0 Å². The largest absolute Gasteiger partial charge is 0.320 e. The number of rotatable bonds is 7. The molecule has 0 aromatic heterocycles. The minimum atomic E-state index is -3.03. The number of hydrogen-bond acceptors (Lipinski definition) is 4. The molecule has 110 valence electrons. The molecule has 0 aliphatic carbocycles. The number of likely N-dealkylation sites (tertiary alicyclic amines) is 1. The van der Waals surface area contributed by atoms with Crippen molar-refractivity contribution in [2.24, 2.45) is 5.92 Å². The molecule has 1 rings (SSSR count). The number of nitrogens with one attached hydrogen (secondary N) is 2. The number of hydrogen-bond donors (Lipinski definition) is 2. The van der Waals surface area contributed by atoms with E-state index in [1.165, 1.54) is 25.5 Å². The summed E-state index contributed by atoms with van der Waals surface area (Å²) in [6.45, 7) is 4.64. The van der Waals surface area contributed by atoms with Crippen LogP contribution in [0.1, 0.15) is 19.3 Å². The standard InChI is InChI=1S/C11H25N3O2S.ClH/c1-12-6-3-11-4-8-14(9-5-11)10-7-13-17(2,15)16;/h11-13H,3-10H2,1-2H3;1H. The molecule has 0 atom stereocenters. The van der Waals surface area contributed by atoms with Gasteiger partial charge in [0.25, 0.3) is 0 Å². The van der Waals surface area contributed by atoms with Gasteiger partial charge in [-0.1, -0.05) is 0 Å². The van der Waals surface area contributed by atoms with Crippen molar-refractivity contribution in [1.82, 2.24) is 14.9 Å². The lowest BCUT2D eigenvalue weighted by molar-refractivity contribution is 0.182. The molecule has 0 aromatic rings. The Labute approximate surface area is 117 Å². The van der Waals surface area contributed by atoms with E-state index in [0.29, 0.717) is 6.54 Å². The average Bonchev–Trinajstić information content (AvgIpc) is 2.26. The molecular formula is C11H26ClN3O2S. The molecule has 0 bridgehead atoms. The summed E-state index contributed by atoms with van der Waals surface area (Å²) in [5.74, 6) is 0.835. The van der Waals surface area contributed by atoms with Gasteiger partial charge in [0, 0.05) is 13.1 Å². The highest BCUT2D eigenvalue weighted by molar-refractivity contribution is 7.88.